The van der Waals surface area contributed by atoms with Crippen molar-refractivity contribution in [2.45, 2.75) is 25.3 Å². The van der Waals surface area contributed by atoms with Gasteiger partial charge in [0, 0.05) is 26.1 Å². The SMILES string of the molecule is CN(C(=O)CCCO)C1CCS(=O)(=O)C1. The Morgan fingerprint density at radius 1 is 1.53 bits per heavy atom. The highest BCUT2D eigenvalue weighted by atomic mass is 32.2. The molecule has 5 nitrogen and oxygen atoms in total. The van der Waals surface area contributed by atoms with Crippen molar-refractivity contribution in [1.29, 1.82) is 0 Å². The Morgan fingerprint density at radius 3 is 2.67 bits per heavy atom. The smallest absolute Gasteiger partial charge is 0.222 e. The van der Waals surface area contributed by atoms with E-state index in [0.29, 0.717) is 12.8 Å². The second-order valence-electron chi connectivity index (χ2n) is 3.89. The molecule has 1 N–H and O–H groups in total. The summed E-state index contributed by atoms with van der Waals surface area (Å²) in [4.78, 5) is 13.0. The molecule has 0 bridgehead atoms. The molecule has 0 radical (unpaired) electrons. The Labute approximate surface area is 90.0 Å². The third-order valence-electron chi connectivity index (χ3n) is 2.70. The number of sulfone groups is 1. The summed E-state index contributed by atoms with van der Waals surface area (Å²) in [5.41, 5.74) is 0. The van der Waals surface area contributed by atoms with E-state index in [0.717, 1.165) is 0 Å². The van der Waals surface area contributed by atoms with Crippen molar-refractivity contribution < 1.29 is 18.3 Å². The number of hydrogen-bond acceptors (Lipinski definition) is 4. The predicted molar refractivity (Wildman–Crippen MR) is 56.1 cm³/mol. The van der Waals surface area contributed by atoms with Crippen LogP contribution in [-0.4, -0.2) is 55.5 Å². The average molecular weight is 235 g/mol. The number of aliphatic hydroxyl groups is 1. The Bertz CT molecular complexity index is 325. The molecule has 0 aliphatic carbocycles. The van der Waals surface area contributed by atoms with Crippen molar-refractivity contribution >= 4 is 15.7 Å². The lowest BCUT2D eigenvalue weighted by molar-refractivity contribution is -0.131. The number of nitrogens with zero attached hydrogens (tertiary/aromatic N) is 1. The van der Waals surface area contributed by atoms with Gasteiger partial charge in [0.05, 0.1) is 11.5 Å². The molecule has 1 atom stereocenters. The minimum Gasteiger partial charge on any atom is -0.396 e. The number of hydrogen-bond donors (Lipinski definition) is 1. The quantitative estimate of drug-likeness (QED) is 0.706. The van der Waals surface area contributed by atoms with E-state index in [1.807, 2.05) is 0 Å². The molecule has 1 aliphatic rings. The van der Waals surface area contributed by atoms with Gasteiger partial charge in [0.1, 0.15) is 0 Å². The molecule has 0 aromatic heterocycles. The van der Waals surface area contributed by atoms with Crippen molar-refractivity contribution in [3.63, 3.8) is 0 Å². The van der Waals surface area contributed by atoms with E-state index >= 15 is 0 Å². The lowest BCUT2D eigenvalue weighted by atomic mass is 10.2. The normalized spacial score (nSPS) is 24.0. The number of aliphatic hydroxyl groups excluding tert-OH is 1. The number of carbonyl (C=O) groups is 1. The van der Waals surface area contributed by atoms with E-state index in [2.05, 4.69) is 0 Å². The fourth-order valence-corrected chi connectivity index (χ4v) is 3.47. The van der Waals surface area contributed by atoms with E-state index in [-0.39, 0.29) is 36.5 Å². The van der Waals surface area contributed by atoms with Gasteiger partial charge in [-0.25, -0.2) is 8.42 Å². The molecular weight excluding hydrogens is 218 g/mol. The highest BCUT2D eigenvalue weighted by Crippen LogP contribution is 2.17. The van der Waals surface area contributed by atoms with E-state index in [9.17, 15) is 13.2 Å². The van der Waals surface area contributed by atoms with Gasteiger partial charge in [0.25, 0.3) is 0 Å². The topological polar surface area (TPSA) is 74.7 Å². The first-order valence-electron chi connectivity index (χ1n) is 5.03. The maximum atomic E-state index is 11.5. The van der Waals surface area contributed by atoms with Crippen LogP contribution in [0.5, 0.6) is 0 Å². The van der Waals surface area contributed by atoms with E-state index < -0.39 is 9.84 Å². The van der Waals surface area contributed by atoms with Crippen LogP contribution in [0.3, 0.4) is 0 Å². The first-order chi connectivity index (χ1) is 6.96. The maximum Gasteiger partial charge on any atom is 0.222 e. The van der Waals surface area contributed by atoms with Crippen molar-refractivity contribution in [2.75, 3.05) is 25.2 Å². The van der Waals surface area contributed by atoms with Gasteiger partial charge in [0.2, 0.25) is 5.91 Å². The monoisotopic (exact) mass is 235 g/mol. The summed E-state index contributed by atoms with van der Waals surface area (Å²) in [6, 6.07) is -0.179. The molecule has 0 aromatic carbocycles. The van der Waals surface area contributed by atoms with Gasteiger partial charge in [0.15, 0.2) is 9.84 Å². The second kappa shape index (κ2) is 4.94. The molecule has 1 rings (SSSR count). The van der Waals surface area contributed by atoms with Crippen LogP contribution in [0.25, 0.3) is 0 Å². The molecule has 1 fully saturated rings. The van der Waals surface area contributed by atoms with Crippen LogP contribution < -0.4 is 0 Å². The summed E-state index contributed by atoms with van der Waals surface area (Å²) in [6.45, 7) is -0.0114. The van der Waals surface area contributed by atoms with Crippen molar-refractivity contribution in [1.82, 2.24) is 4.90 Å². The maximum absolute atomic E-state index is 11.5. The molecule has 88 valence electrons. The van der Waals surface area contributed by atoms with Gasteiger partial charge < -0.3 is 10.0 Å². The summed E-state index contributed by atoms with van der Waals surface area (Å²) in [7, 11) is -1.31. The Kier molecular flexibility index (Phi) is 4.10. The van der Waals surface area contributed by atoms with Crippen LogP contribution in [0, 0.1) is 0 Å². The molecule has 0 saturated carbocycles. The van der Waals surface area contributed by atoms with E-state index in [4.69, 9.17) is 5.11 Å². The van der Waals surface area contributed by atoms with Crippen LogP contribution >= 0.6 is 0 Å². The van der Waals surface area contributed by atoms with E-state index in [1.54, 1.807) is 7.05 Å². The Balaban J connectivity index is 2.47. The third kappa shape index (κ3) is 3.46. The fourth-order valence-electron chi connectivity index (χ4n) is 1.69. The van der Waals surface area contributed by atoms with Crippen molar-refractivity contribution in [2.24, 2.45) is 0 Å². The number of amides is 1. The zero-order valence-corrected chi connectivity index (χ0v) is 9.66. The molecule has 0 aromatic rings. The molecule has 15 heavy (non-hydrogen) atoms. The first-order valence-corrected chi connectivity index (χ1v) is 6.85. The minimum absolute atomic E-state index is 0.0114. The minimum atomic E-state index is -2.94. The molecular formula is C9H17NO4S. The lowest BCUT2D eigenvalue weighted by Crippen LogP contribution is -2.37. The molecule has 1 heterocycles. The van der Waals surface area contributed by atoms with Crippen LogP contribution in [-0.2, 0) is 14.6 Å². The van der Waals surface area contributed by atoms with Gasteiger partial charge in [-0.15, -0.1) is 0 Å². The lowest BCUT2D eigenvalue weighted by Gasteiger charge is -2.23. The summed E-state index contributed by atoms with van der Waals surface area (Å²) in [5.74, 6) is 0.162. The number of rotatable bonds is 4. The molecule has 1 unspecified atom stereocenters. The Morgan fingerprint density at radius 2 is 2.20 bits per heavy atom. The van der Waals surface area contributed by atoms with Gasteiger partial charge in [-0.2, -0.15) is 0 Å². The molecule has 0 spiro atoms. The second-order valence-corrected chi connectivity index (χ2v) is 6.12. The molecule has 6 heteroatoms. The molecule has 1 amide bonds. The zero-order valence-electron chi connectivity index (χ0n) is 8.85. The third-order valence-corrected chi connectivity index (χ3v) is 4.45. The summed E-state index contributed by atoms with van der Waals surface area (Å²) >= 11 is 0. The van der Waals surface area contributed by atoms with Crippen LogP contribution in [0.2, 0.25) is 0 Å². The van der Waals surface area contributed by atoms with E-state index in [1.165, 1.54) is 4.90 Å². The average Bonchev–Trinajstić information content (AvgIpc) is 2.54. The van der Waals surface area contributed by atoms with Gasteiger partial charge in [-0.05, 0) is 12.8 Å². The predicted octanol–water partition coefficient (Wildman–Crippen LogP) is -0.596. The number of carbonyl (C=O) groups excluding carboxylic acids is 1. The fraction of sp³-hybridized carbons (Fsp3) is 0.889. The summed E-state index contributed by atoms with van der Waals surface area (Å²) in [5, 5.41) is 8.58. The van der Waals surface area contributed by atoms with Crippen molar-refractivity contribution in [3.8, 4) is 0 Å². The van der Waals surface area contributed by atoms with Gasteiger partial charge >= 0.3 is 0 Å². The molecule has 1 aliphatic heterocycles. The Hall–Kier alpha value is -0.620. The standard InChI is InChI=1S/C9H17NO4S/c1-10(9(12)3-2-5-11)8-4-6-15(13,14)7-8/h8,11H,2-7H2,1H3. The van der Waals surface area contributed by atoms with Crippen LogP contribution in [0.15, 0.2) is 0 Å². The highest BCUT2D eigenvalue weighted by Gasteiger charge is 2.32. The summed E-state index contributed by atoms with van der Waals surface area (Å²) < 4.78 is 22.4. The zero-order chi connectivity index (χ0) is 11.5. The van der Waals surface area contributed by atoms with Crippen LogP contribution in [0.1, 0.15) is 19.3 Å². The van der Waals surface area contributed by atoms with Crippen molar-refractivity contribution in [3.05, 3.63) is 0 Å². The van der Waals surface area contributed by atoms with Gasteiger partial charge in [-0.3, -0.25) is 4.79 Å². The highest BCUT2D eigenvalue weighted by molar-refractivity contribution is 7.91. The first kappa shape index (κ1) is 12.4. The summed E-state index contributed by atoms with van der Waals surface area (Å²) in [6.07, 6.45) is 1.25. The van der Waals surface area contributed by atoms with Crippen LogP contribution in [0.4, 0.5) is 0 Å². The molecule has 1 saturated heterocycles. The largest absolute Gasteiger partial charge is 0.396 e. The van der Waals surface area contributed by atoms with Gasteiger partial charge in [-0.1, -0.05) is 0 Å².